The van der Waals surface area contributed by atoms with Crippen LogP contribution in [0.3, 0.4) is 0 Å². The van der Waals surface area contributed by atoms with Crippen LogP contribution in [0.25, 0.3) is 0 Å². The number of rotatable bonds is 5. The molecule has 1 aliphatic heterocycles. The fraction of sp³-hybridized carbons (Fsp3) is 0.571. The first-order valence-electron chi connectivity index (χ1n) is 6.96. The second-order valence-corrected chi connectivity index (χ2v) is 5.03. The van der Waals surface area contributed by atoms with Crippen molar-refractivity contribution in [1.29, 1.82) is 0 Å². The maximum atomic E-state index is 10.9. The first-order valence-corrected chi connectivity index (χ1v) is 6.96. The Morgan fingerprint density at radius 2 is 2.30 bits per heavy atom. The molecule has 1 aromatic rings. The molecule has 0 spiro atoms. The van der Waals surface area contributed by atoms with E-state index in [0.717, 1.165) is 31.5 Å². The lowest BCUT2D eigenvalue weighted by Gasteiger charge is -2.37. The Morgan fingerprint density at radius 3 is 2.95 bits per heavy atom. The summed E-state index contributed by atoms with van der Waals surface area (Å²) < 4.78 is 5.14. The number of nitrogens with zero attached hydrogens (tertiary/aromatic N) is 2. The molecule has 0 saturated carbocycles. The zero-order chi connectivity index (χ0) is 14.5. The molecule has 2 rings (SSSR count). The molecule has 2 N–H and O–H groups in total. The van der Waals surface area contributed by atoms with Crippen molar-refractivity contribution in [2.75, 3.05) is 25.1 Å². The molecule has 0 amide bonds. The van der Waals surface area contributed by atoms with Crippen LogP contribution >= 0.6 is 0 Å². The summed E-state index contributed by atoms with van der Waals surface area (Å²) in [7, 11) is 1.46. The normalized spacial score (nSPS) is 18.9. The molecule has 0 bridgehead atoms. The Balaban J connectivity index is 2.28. The molecule has 20 heavy (non-hydrogen) atoms. The van der Waals surface area contributed by atoms with Crippen LogP contribution in [0.15, 0.2) is 18.2 Å². The van der Waals surface area contributed by atoms with Gasteiger partial charge >= 0.3 is 5.69 Å². The summed E-state index contributed by atoms with van der Waals surface area (Å²) >= 11 is 0. The smallest absolute Gasteiger partial charge is 0.311 e. The SMILES string of the molecule is COc1cc(N2CCCCC2CCN)ccc1[N+](=O)[O-]. The van der Waals surface area contributed by atoms with Gasteiger partial charge in [0.05, 0.1) is 12.0 Å². The van der Waals surface area contributed by atoms with Crippen LogP contribution in [0, 0.1) is 10.1 Å². The van der Waals surface area contributed by atoms with E-state index in [1.54, 1.807) is 12.1 Å². The predicted molar refractivity (Wildman–Crippen MR) is 78.3 cm³/mol. The number of ether oxygens (including phenoxy) is 1. The lowest BCUT2D eigenvalue weighted by atomic mass is 9.98. The van der Waals surface area contributed by atoms with Gasteiger partial charge in [-0.15, -0.1) is 0 Å². The Hall–Kier alpha value is -1.82. The minimum atomic E-state index is -0.420. The van der Waals surface area contributed by atoms with Crippen molar-refractivity contribution in [3.8, 4) is 5.75 Å². The second-order valence-electron chi connectivity index (χ2n) is 5.03. The lowest BCUT2D eigenvalue weighted by Crippen LogP contribution is -2.40. The van der Waals surface area contributed by atoms with Gasteiger partial charge in [0.25, 0.3) is 0 Å². The molecule has 1 fully saturated rings. The third-order valence-corrected chi connectivity index (χ3v) is 3.82. The van der Waals surface area contributed by atoms with Gasteiger partial charge in [-0.25, -0.2) is 0 Å². The van der Waals surface area contributed by atoms with Gasteiger partial charge in [-0.3, -0.25) is 10.1 Å². The summed E-state index contributed by atoms with van der Waals surface area (Å²) in [4.78, 5) is 12.8. The quantitative estimate of drug-likeness (QED) is 0.660. The molecule has 1 unspecified atom stereocenters. The van der Waals surface area contributed by atoms with Gasteiger partial charge in [-0.2, -0.15) is 0 Å². The van der Waals surface area contributed by atoms with E-state index in [2.05, 4.69) is 4.90 Å². The second kappa shape index (κ2) is 6.56. The minimum absolute atomic E-state index is 0.00337. The van der Waals surface area contributed by atoms with Crippen LogP contribution in [0.4, 0.5) is 11.4 Å². The lowest BCUT2D eigenvalue weighted by molar-refractivity contribution is -0.385. The summed E-state index contributed by atoms with van der Waals surface area (Å²) in [6.45, 7) is 1.62. The highest BCUT2D eigenvalue weighted by molar-refractivity contribution is 5.59. The number of nitro groups is 1. The number of methoxy groups -OCH3 is 1. The van der Waals surface area contributed by atoms with Crippen molar-refractivity contribution in [3.63, 3.8) is 0 Å². The third-order valence-electron chi connectivity index (χ3n) is 3.82. The summed E-state index contributed by atoms with van der Waals surface area (Å²) in [6, 6.07) is 5.49. The molecule has 1 heterocycles. The van der Waals surface area contributed by atoms with Crippen LogP contribution in [0.5, 0.6) is 5.75 Å². The van der Waals surface area contributed by atoms with E-state index in [4.69, 9.17) is 10.5 Å². The molecule has 1 saturated heterocycles. The Labute approximate surface area is 118 Å². The molecule has 1 aromatic carbocycles. The highest BCUT2D eigenvalue weighted by atomic mass is 16.6. The monoisotopic (exact) mass is 279 g/mol. The Kier molecular flexibility index (Phi) is 4.79. The van der Waals surface area contributed by atoms with E-state index >= 15 is 0 Å². The van der Waals surface area contributed by atoms with Gasteiger partial charge in [0, 0.05) is 30.4 Å². The number of nitrogens with two attached hydrogens (primary N) is 1. The highest BCUT2D eigenvalue weighted by Gasteiger charge is 2.24. The molecule has 0 aliphatic carbocycles. The van der Waals surface area contributed by atoms with Crippen molar-refractivity contribution < 1.29 is 9.66 Å². The van der Waals surface area contributed by atoms with Gasteiger partial charge < -0.3 is 15.4 Å². The van der Waals surface area contributed by atoms with E-state index in [1.807, 2.05) is 0 Å². The van der Waals surface area contributed by atoms with Crippen molar-refractivity contribution in [2.24, 2.45) is 5.73 Å². The van der Waals surface area contributed by atoms with Crippen molar-refractivity contribution in [3.05, 3.63) is 28.3 Å². The van der Waals surface area contributed by atoms with E-state index in [0.29, 0.717) is 18.3 Å². The molecule has 0 radical (unpaired) electrons. The van der Waals surface area contributed by atoms with Gasteiger partial charge in [-0.1, -0.05) is 0 Å². The van der Waals surface area contributed by atoms with Crippen LogP contribution in [0.1, 0.15) is 25.7 Å². The molecule has 1 atom stereocenters. The van der Waals surface area contributed by atoms with Crippen molar-refractivity contribution >= 4 is 11.4 Å². The fourth-order valence-electron chi connectivity index (χ4n) is 2.83. The average Bonchev–Trinajstić information content (AvgIpc) is 2.47. The Morgan fingerprint density at radius 1 is 1.50 bits per heavy atom. The first-order chi connectivity index (χ1) is 9.67. The molecule has 6 heteroatoms. The van der Waals surface area contributed by atoms with Crippen LogP contribution in [0.2, 0.25) is 0 Å². The van der Waals surface area contributed by atoms with Crippen LogP contribution < -0.4 is 15.4 Å². The van der Waals surface area contributed by atoms with Crippen molar-refractivity contribution in [2.45, 2.75) is 31.7 Å². The summed E-state index contributed by atoms with van der Waals surface area (Å²) in [6.07, 6.45) is 4.42. The van der Waals surface area contributed by atoms with Gasteiger partial charge in [0.15, 0.2) is 5.75 Å². The number of anilines is 1. The van der Waals surface area contributed by atoms with Gasteiger partial charge in [0.2, 0.25) is 0 Å². The number of nitro benzene ring substituents is 1. The summed E-state index contributed by atoms with van der Waals surface area (Å²) in [5.74, 6) is 0.310. The highest BCUT2D eigenvalue weighted by Crippen LogP contribution is 2.34. The topological polar surface area (TPSA) is 81.6 Å². The summed E-state index contributed by atoms with van der Waals surface area (Å²) in [5, 5.41) is 10.9. The summed E-state index contributed by atoms with van der Waals surface area (Å²) in [5.41, 5.74) is 6.66. The standard InChI is InChI=1S/C14H21N3O3/c1-20-14-10-12(5-6-13(14)17(18)19)16-9-3-2-4-11(16)7-8-15/h5-6,10-11H,2-4,7-9,15H2,1H3. The molecule has 6 nitrogen and oxygen atoms in total. The average molecular weight is 279 g/mol. The predicted octanol–water partition coefficient (Wildman–Crippen LogP) is 2.31. The van der Waals surface area contributed by atoms with Gasteiger partial charge in [0.1, 0.15) is 0 Å². The van der Waals surface area contributed by atoms with E-state index in [-0.39, 0.29) is 5.69 Å². The van der Waals surface area contributed by atoms with E-state index < -0.39 is 4.92 Å². The number of hydrogen-bond acceptors (Lipinski definition) is 5. The minimum Gasteiger partial charge on any atom is -0.490 e. The van der Waals surface area contributed by atoms with Crippen LogP contribution in [-0.4, -0.2) is 31.2 Å². The zero-order valence-corrected chi connectivity index (χ0v) is 11.7. The first kappa shape index (κ1) is 14.6. The molecule has 0 aromatic heterocycles. The zero-order valence-electron chi connectivity index (χ0n) is 11.7. The number of benzene rings is 1. The number of piperidine rings is 1. The van der Waals surface area contributed by atoms with E-state index in [9.17, 15) is 10.1 Å². The maximum Gasteiger partial charge on any atom is 0.311 e. The molecule has 110 valence electrons. The van der Waals surface area contributed by atoms with E-state index in [1.165, 1.54) is 19.6 Å². The molecule has 1 aliphatic rings. The van der Waals surface area contributed by atoms with Crippen LogP contribution in [-0.2, 0) is 0 Å². The fourth-order valence-corrected chi connectivity index (χ4v) is 2.83. The molecular weight excluding hydrogens is 258 g/mol. The Bertz CT molecular complexity index is 477. The third kappa shape index (κ3) is 3.01. The van der Waals surface area contributed by atoms with Crippen molar-refractivity contribution in [1.82, 2.24) is 0 Å². The largest absolute Gasteiger partial charge is 0.490 e. The molecular formula is C14H21N3O3. The van der Waals surface area contributed by atoms with Gasteiger partial charge in [-0.05, 0) is 38.3 Å². The number of hydrogen-bond donors (Lipinski definition) is 1. The maximum absolute atomic E-state index is 10.9.